The molecular weight excluding hydrogens is 451 g/mol. The smallest absolute Gasteiger partial charge is 0.231 e. The molecule has 5 heteroatoms. The minimum Gasteiger partial charge on any atom is -0.507 e. The summed E-state index contributed by atoms with van der Waals surface area (Å²) in [5.41, 5.74) is 4.96. The minimum atomic E-state index is 0.116. The third-order valence-electron chi connectivity index (χ3n) is 4.28. The highest BCUT2D eigenvalue weighted by atomic mass is 127. The zero-order chi connectivity index (χ0) is 18.8. The van der Waals surface area contributed by atoms with Gasteiger partial charge in [0.2, 0.25) is 5.89 Å². The molecule has 27 heavy (non-hydrogen) atoms. The first-order valence-corrected chi connectivity index (χ1v) is 9.73. The summed E-state index contributed by atoms with van der Waals surface area (Å²) in [6, 6.07) is 19.2. The number of hydrogen-bond acceptors (Lipinski definition) is 4. The van der Waals surface area contributed by atoms with Crippen molar-refractivity contribution in [3.8, 4) is 17.2 Å². The Balaban J connectivity index is 1.70. The maximum absolute atomic E-state index is 10.3. The van der Waals surface area contributed by atoms with Crippen molar-refractivity contribution in [1.29, 1.82) is 0 Å². The molecule has 0 aliphatic heterocycles. The Bertz CT molecular complexity index is 1150. The molecule has 0 aliphatic rings. The summed E-state index contributed by atoms with van der Waals surface area (Å²) >= 11 is 2.27. The molecule has 134 valence electrons. The van der Waals surface area contributed by atoms with Crippen LogP contribution in [0.2, 0.25) is 0 Å². The Labute approximate surface area is 170 Å². The SMILES string of the molecule is CCc1ccc2oc(-c3cc(N=Cc4cccc(I)c4)ccc3O)nc2c1. The number of fused-ring (bicyclic) bond motifs is 1. The van der Waals surface area contributed by atoms with Crippen molar-refractivity contribution in [2.75, 3.05) is 0 Å². The third kappa shape index (κ3) is 3.88. The van der Waals surface area contributed by atoms with Gasteiger partial charge < -0.3 is 9.52 Å². The predicted molar refractivity (Wildman–Crippen MR) is 117 cm³/mol. The van der Waals surface area contributed by atoms with Gasteiger partial charge in [-0.05, 0) is 82.6 Å². The van der Waals surface area contributed by atoms with Crippen LogP contribution in [0.1, 0.15) is 18.1 Å². The van der Waals surface area contributed by atoms with Crippen LogP contribution in [0.3, 0.4) is 0 Å². The fraction of sp³-hybridized carbons (Fsp3) is 0.0909. The van der Waals surface area contributed by atoms with E-state index in [1.54, 1.807) is 24.4 Å². The highest BCUT2D eigenvalue weighted by Crippen LogP contribution is 2.34. The van der Waals surface area contributed by atoms with Crippen LogP contribution >= 0.6 is 22.6 Å². The fourth-order valence-electron chi connectivity index (χ4n) is 2.82. The molecule has 1 aromatic heterocycles. The number of aliphatic imine (C=N–C) groups is 1. The van der Waals surface area contributed by atoms with E-state index in [1.807, 2.05) is 36.4 Å². The monoisotopic (exact) mass is 468 g/mol. The molecule has 0 saturated heterocycles. The van der Waals surface area contributed by atoms with E-state index in [4.69, 9.17) is 4.42 Å². The van der Waals surface area contributed by atoms with Gasteiger partial charge in [-0.1, -0.05) is 25.1 Å². The summed E-state index contributed by atoms with van der Waals surface area (Å²) in [7, 11) is 0. The number of phenolic OH excluding ortho intramolecular Hbond substituents is 1. The fourth-order valence-corrected chi connectivity index (χ4v) is 3.39. The summed E-state index contributed by atoms with van der Waals surface area (Å²) in [4.78, 5) is 9.06. The molecule has 3 aromatic carbocycles. The number of aryl methyl sites for hydroxylation is 1. The van der Waals surface area contributed by atoms with Crippen LogP contribution in [-0.2, 0) is 6.42 Å². The second-order valence-electron chi connectivity index (χ2n) is 6.19. The Kier molecular flexibility index (Phi) is 4.94. The molecule has 0 bridgehead atoms. The number of benzene rings is 3. The summed E-state index contributed by atoms with van der Waals surface area (Å²) in [6.45, 7) is 2.10. The molecule has 4 nitrogen and oxygen atoms in total. The summed E-state index contributed by atoms with van der Waals surface area (Å²) in [5, 5.41) is 10.3. The van der Waals surface area contributed by atoms with E-state index >= 15 is 0 Å². The molecule has 0 fully saturated rings. The molecule has 0 spiro atoms. The number of aromatic nitrogens is 1. The van der Waals surface area contributed by atoms with Crippen molar-refractivity contribution in [2.45, 2.75) is 13.3 Å². The highest BCUT2D eigenvalue weighted by Gasteiger charge is 2.13. The molecule has 0 amide bonds. The van der Waals surface area contributed by atoms with Crippen LogP contribution in [-0.4, -0.2) is 16.3 Å². The van der Waals surface area contributed by atoms with E-state index in [2.05, 4.69) is 45.6 Å². The lowest BCUT2D eigenvalue weighted by atomic mass is 10.1. The maximum Gasteiger partial charge on any atom is 0.231 e. The Hall–Kier alpha value is -2.67. The molecule has 0 atom stereocenters. The lowest BCUT2D eigenvalue weighted by Gasteiger charge is -2.02. The van der Waals surface area contributed by atoms with E-state index < -0.39 is 0 Å². The zero-order valence-electron chi connectivity index (χ0n) is 14.7. The number of rotatable bonds is 4. The van der Waals surface area contributed by atoms with Crippen LogP contribution in [0.4, 0.5) is 5.69 Å². The van der Waals surface area contributed by atoms with Crippen molar-refractivity contribution < 1.29 is 9.52 Å². The van der Waals surface area contributed by atoms with Gasteiger partial charge in [0.1, 0.15) is 11.3 Å². The highest BCUT2D eigenvalue weighted by molar-refractivity contribution is 14.1. The number of nitrogens with zero attached hydrogens (tertiary/aromatic N) is 2. The topological polar surface area (TPSA) is 58.6 Å². The largest absolute Gasteiger partial charge is 0.507 e. The first-order chi connectivity index (χ1) is 13.1. The second kappa shape index (κ2) is 7.52. The standard InChI is InChI=1S/C22H17IN2O2/c1-2-14-6-9-21-19(11-14)25-22(27-21)18-12-17(7-8-20(18)26)24-13-15-4-3-5-16(23)10-15/h3-13,26H,2H2,1H3. The van der Waals surface area contributed by atoms with Gasteiger partial charge in [0.15, 0.2) is 5.58 Å². The van der Waals surface area contributed by atoms with Gasteiger partial charge in [-0.15, -0.1) is 0 Å². The van der Waals surface area contributed by atoms with Gasteiger partial charge >= 0.3 is 0 Å². The summed E-state index contributed by atoms with van der Waals surface area (Å²) in [6.07, 6.45) is 2.74. The van der Waals surface area contributed by atoms with Gasteiger partial charge in [-0.3, -0.25) is 4.99 Å². The van der Waals surface area contributed by atoms with Crippen LogP contribution in [0.15, 0.2) is 70.1 Å². The first kappa shape index (κ1) is 17.7. The van der Waals surface area contributed by atoms with Gasteiger partial charge in [0.05, 0.1) is 11.3 Å². The predicted octanol–water partition coefficient (Wildman–Crippen LogP) is 6.12. The van der Waals surface area contributed by atoms with E-state index in [0.717, 1.165) is 26.8 Å². The Morgan fingerprint density at radius 1 is 1.11 bits per heavy atom. The third-order valence-corrected chi connectivity index (χ3v) is 4.95. The van der Waals surface area contributed by atoms with Gasteiger partial charge in [-0.25, -0.2) is 4.98 Å². The number of phenols is 1. The zero-order valence-corrected chi connectivity index (χ0v) is 16.8. The summed E-state index contributed by atoms with van der Waals surface area (Å²) in [5.74, 6) is 0.507. The lowest BCUT2D eigenvalue weighted by molar-refractivity contribution is 0.474. The van der Waals surface area contributed by atoms with Crippen LogP contribution in [0.25, 0.3) is 22.6 Å². The van der Waals surface area contributed by atoms with Crippen LogP contribution < -0.4 is 0 Å². The van der Waals surface area contributed by atoms with Crippen LogP contribution in [0, 0.1) is 3.57 Å². The molecule has 4 aromatic rings. The van der Waals surface area contributed by atoms with E-state index in [0.29, 0.717) is 17.0 Å². The first-order valence-electron chi connectivity index (χ1n) is 8.65. The average molecular weight is 468 g/mol. The molecule has 0 saturated carbocycles. The van der Waals surface area contributed by atoms with Gasteiger partial charge in [0.25, 0.3) is 0 Å². The quantitative estimate of drug-likeness (QED) is 0.290. The maximum atomic E-state index is 10.3. The second-order valence-corrected chi connectivity index (χ2v) is 7.43. The average Bonchev–Trinajstić information content (AvgIpc) is 3.10. The van der Waals surface area contributed by atoms with Crippen LogP contribution in [0.5, 0.6) is 5.75 Å². The van der Waals surface area contributed by atoms with Gasteiger partial charge in [-0.2, -0.15) is 0 Å². The summed E-state index contributed by atoms with van der Waals surface area (Å²) < 4.78 is 7.00. The van der Waals surface area contributed by atoms with E-state index in [1.165, 1.54) is 5.56 Å². The van der Waals surface area contributed by atoms with Crippen molar-refractivity contribution in [3.63, 3.8) is 0 Å². The molecule has 1 N–H and O–H groups in total. The molecule has 4 rings (SSSR count). The van der Waals surface area contributed by atoms with Gasteiger partial charge in [0, 0.05) is 9.78 Å². The number of hydrogen-bond donors (Lipinski definition) is 1. The van der Waals surface area contributed by atoms with Crippen molar-refractivity contribution >= 4 is 45.6 Å². The Morgan fingerprint density at radius 2 is 2.00 bits per heavy atom. The molecule has 1 heterocycles. The molecule has 0 unspecified atom stereocenters. The molecule has 0 radical (unpaired) electrons. The van der Waals surface area contributed by atoms with Crippen molar-refractivity contribution in [3.05, 3.63) is 75.4 Å². The lowest BCUT2D eigenvalue weighted by Crippen LogP contribution is -1.82. The Morgan fingerprint density at radius 3 is 2.81 bits per heavy atom. The number of halogens is 1. The van der Waals surface area contributed by atoms with Crippen molar-refractivity contribution in [2.24, 2.45) is 4.99 Å². The minimum absolute atomic E-state index is 0.116. The molecule has 0 aliphatic carbocycles. The number of oxazole rings is 1. The van der Waals surface area contributed by atoms with E-state index in [-0.39, 0.29) is 5.75 Å². The van der Waals surface area contributed by atoms with Crippen molar-refractivity contribution in [1.82, 2.24) is 4.98 Å². The van der Waals surface area contributed by atoms with E-state index in [9.17, 15) is 5.11 Å². The molecular formula is C22H17IN2O2. The normalized spacial score (nSPS) is 11.5. The number of aromatic hydroxyl groups is 1.